The first-order valence-electron chi connectivity index (χ1n) is 4.66. The summed E-state index contributed by atoms with van der Waals surface area (Å²) in [7, 11) is 0. The summed E-state index contributed by atoms with van der Waals surface area (Å²) in [4.78, 5) is 13.3. The summed E-state index contributed by atoms with van der Waals surface area (Å²) in [5.74, 6) is 0.230. The van der Waals surface area contributed by atoms with Crippen molar-refractivity contribution < 1.29 is 9.90 Å². The van der Waals surface area contributed by atoms with Gasteiger partial charge in [-0.1, -0.05) is 6.92 Å². The minimum atomic E-state index is -0.283. The number of aliphatic hydroxyl groups is 1. The SMILES string of the molecule is CCC12CCC(=O)N1CC(O)C2. The van der Waals surface area contributed by atoms with Gasteiger partial charge in [0.15, 0.2) is 0 Å². The van der Waals surface area contributed by atoms with E-state index in [4.69, 9.17) is 0 Å². The molecule has 2 aliphatic heterocycles. The molecule has 0 aromatic heterocycles. The Hall–Kier alpha value is -0.570. The molecule has 2 rings (SSSR count). The molecule has 0 aliphatic carbocycles. The van der Waals surface area contributed by atoms with Crippen molar-refractivity contribution in [1.82, 2.24) is 4.90 Å². The van der Waals surface area contributed by atoms with Crippen molar-refractivity contribution in [1.29, 1.82) is 0 Å². The smallest absolute Gasteiger partial charge is 0.223 e. The maximum atomic E-state index is 11.4. The fraction of sp³-hybridized carbons (Fsp3) is 0.889. The van der Waals surface area contributed by atoms with Crippen LogP contribution >= 0.6 is 0 Å². The Labute approximate surface area is 72.4 Å². The van der Waals surface area contributed by atoms with Gasteiger partial charge in [0.2, 0.25) is 5.91 Å². The van der Waals surface area contributed by atoms with E-state index in [2.05, 4.69) is 6.92 Å². The Kier molecular flexibility index (Phi) is 1.65. The molecule has 0 radical (unpaired) electrons. The highest BCUT2D eigenvalue weighted by Gasteiger charge is 2.50. The molecule has 1 amide bonds. The topological polar surface area (TPSA) is 40.5 Å². The number of carbonyl (C=O) groups is 1. The predicted molar refractivity (Wildman–Crippen MR) is 44.6 cm³/mol. The van der Waals surface area contributed by atoms with E-state index in [0.717, 1.165) is 19.3 Å². The standard InChI is InChI=1S/C9H15NO2/c1-2-9-4-3-8(12)10(9)6-7(11)5-9/h7,11H,2-6H2,1H3. The number of amides is 1. The first-order valence-corrected chi connectivity index (χ1v) is 4.66. The van der Waals surface area contributed by atoms with Crippen LogP contribution in [0.4, 0.5) is 0 Å². The summed E-state index contributed by atoms with van der Waals surface area (Å²) in [6, 6.07) is 0. The largest absolute Gasteiger partial charge is 0.391 e. The van der Waals surface area contributed by atoms with Gasteiger partial charge in [-0.25, -0.2) is 0 Å². The van der Waals surface area contributed by atoms with Crippen molar-refractivity contribution in [3.05, 3.63) is 0 Å². The number of nitrogens with zero attached hydrogens (tertiary/aromatic N) is 1. The van der Waals surface area contributed by atoms with Crippen molar-refractivity contribution in [3.8, 4) is 0 Å². The minimum Gasteiger partial charge on any atom is -0.391 e. The van der Waals surface area contributed by atoms with Gasteiger partial charge in [-0.15, -0.1) is 0 Å². The Morgan fingerprint density at radius 3 is 3.08 bits per heavy atom. The quantitative estimate of drug-likeness (QED) is 0.621. The number of rotatable bonds is 1. The van der Waals surface area contributed by atoms with Crippen LogP contribution in [0.25, 0.3) is 0 Å². The molecule has 1 N–H and O–H groups in total. The van der Waals surface area contributed by atoms with Crippen LogP contribution in [-0.2, 0) is 4.79 Å². The summed E-state index contributed by atoms with van der Waals surface area (Å²) < 4.78 is 0. The van der Waals surface area contributed by atoms with Crippen LogP contribution in [0.2, 0.25) is 0 Å². The first kappa shape index (κ1) is 8.05. The van der Waals surface area contributed by atoms with Crippen LogP contribution < -0.4 is 0 Å². The lowest BCUT2D eigenvalue weighted by molar-refractivity contribution is -0.130. The first-order chi connectivity index (χ1) is 5.68. The second-order valence-corrected chi connectivity index (χ2v) is 3.94. The van der Waals surface area contributed by atoms with Crippen LogP contribution in [0.5, 0.6) is 0 Å². The highest BCUT2D eigenvalue weighted by molar-refractivity contribution is 5.80. The fourth-order valence-corrected chi connectivity index (χ4v) is 2.61. The zero-order valence-electron chi connectivity index (χ0n) is 7.42. The molecule has 2 heterocycles. The molecule has 0 saturated carbocycles. The van der Waals surface area contributed by atoms with E-state index < -0.39 is 0 Å². The molecule has 2 unspecified atom stereocenters. The van der Waals surface area contributed by atoms with Crippen molar-refractivity contribution in [3.63, 3.8) is 0 Å². The summed E-state index contributed by atoms with van der Waals surface area (Å²) in [5, 5.41) is 9.46. The van der Waals surface area contributed by atoms with Crippen molar-refractivity contribution in [2.24, 2.45) is 0 Å². The monoisotopic (exact) mass is 169 g/mol. The Morgan fingerprint density at radius 1 is 1.75 bits per heavy atom. The third kappa shape index (κ3) is 0.891. The van der Waals surface area contributed by atoms with Crippen LogP contribution in [0.3, 0.4) is 0 Å². The number of aliphatic hydroxyl groups excluding tert-OH is 1. The highest BCUT2D eigenvalue weighted by Crippen LogP contribution is 2.41. The van der Waals surface area contributed by atoms with Crippen molar-refractivity contribution in [2.45, 2.75) is 44.2 Å². The molecule has 2 atom stereocenters. The molecule has 0 bridgehead atoms. The Bertz CT molecular complexity index is 217. The number of carbonyl (C=O) groups excluding carboxylic acids is 1. The summed E-state index contributed by atoms with van der Waals surface area (Å²) in [6.07, 6.45) is 3.11. The molecule has 3 nitrogen and oxygen atoms in total. The molecule has 2 aliphatic rings. The zero-order valence-corrected chi connectivity index (χ0v) is 7.42. The number of fused-ring (bicyclic) bond motifs is 1. The molecular weight excluding hydrogens is 154 g/mol. The van der Waals surface area contributed by atoms with Gasteiger partial charge < -0.3 is 10.0 Å². The minimum absolute atomic E-state index is 0.0243. The van der Waals surface area contributed by atoms with Crippen molar-refractivity contribution >= 4 is 5.91 Å². The Morgan fingerprint density at radius 2 is 2.50 bits per heavy atom. The third-order valence-corrected chi connectivity index (χ3v) is 3.34. The molecule has 2 saturated heterocycles. The molecule has 0 aromatic rings. The van der Waals surface area contributed by atoms with Crippen LogP contribution in [-0.4, -0.2) is 34.1 Å². The van der Waals surface area contributed by atoms with Gasteiger partial charge in [0, 0.05) is 18.5 Å². The van der Waals surface area contributed by atoms with Gasteiger partial charge in [-0.2, -0.15) is 0 Å². The van der Waals surface area contributed by atoms with Crippen LogP contribution in [0.15, 0.2) is 0 Å². The molecule has 0 aromatic carbocycles. The predicted octanol–water partition coefficient (Wildman–Crippen LogP) is 0.522. The normalized spacial score (nSPS) is 40.7. The van der Waals surface area contributed by atoms with E-state index in [-0.39, 0.29) is 17.6 Å². The lowest BCUT2D eigenvalue weighted by atomic mass is 9.91. The molecule has 12 heavy (non-hydrogen) atoms. The zero-order chi connectivity index (χ0) is 8.77. The molecule has 0 spiro atoms. The van der Waals surface area contributed by atoms with Crippen LogP contribution in [0.1, 0.15) is 32.6 Å². The van der Waals surface area contributed by atoms with Gasteiger partial charge in [-0.05, 0) is 19.3 Å². The second-order valence-electron chi connectivity index (χ2n) is 3.94. The van der Waals surface area contributed by atoms with Gasteiger partial charge in [0.1, 0.15) is 0 Å². The average molecular weight is 169 g/mol. The van der Waals surface area contributed by atoms with E-state index in [1.807, 2.05) is 4.90 Å². The van der Waals surface area contributed by atoms with Gasteiger partial charge in [-0.3, -0.25) is 4.79 Å². The lowest BCUT2D eigenvalue weighted by Gasteiger charge is -2.30. The van der Waals surface area contributed by atoms with E-state index in [1.54, 1.807) is 0 Å². The van der Waals surface area contributed by atoms with E-state index >= 15 is 0 Å². The average Bonchev–Trinajstić information content (AvgIpc) is 2.51. The summed E-state index contributed by atoms with van der Waals surface area (Å²) >= 11 is 0. The second kappa shape index (κ2) is 2.46. The highest BCUT2D eigenvalue weighted by atomic mass is 16.3. The number of β-amino-alcohol motifs (C(OH)–C–C–N with tert-alkyl or cyclic N) is 1. The maximum Gasteiger partial charge on any atom is 0.223 e. The van der Waals surface area contributed by atoms with E-state index in [9.17, 15) is 9.90 Å². The maximum absolute atomic E-state index is 11.4. The summed E-state index contributed by atoms with van der Waals surface area (Å²) in [6.45, 7) is 2.66. The van der Waals surface area contributed by atoms with Crippen LogP contribution in [0, 0.1) is 0 Å². The van der Waals surface area contributed by atoms with E-state index in [1.165, 1.54) is 0 Å². The lowest BCUT2D eigenvalue weighted by Crippen LogP contribution is -2.39. The molecule has 2 fully saturated rings. The third-order valence-electron chi connectivity index (χ3n) is 3.34. The fourth-order valence-electron chi connectivity index (χ4n) is 2.61. The van der Waals surface area contributed by atoms with Gasteiger partial charge in [0.05, 0.1) is 6.10 Å². The summed E-state index contributed by atoms with van der Waals surface area (Å²) in [5.41, 5.74) is 0.0243. The van der Waals surface area contributed by atoms with Gasteiger partial charge in [0.25, 0.3) is 0 Å². The van der Waals surface area contributed by atoms with E-state index in [0.29, 0.717) is 13.0 Å². The molecular formula is C9H15NO2. The molecule has 3 heteroatoms. The number of hydrogen-bond acceptors (Lipinski definition) is 2. The Balaban J connectivity index is 2.25. The van der Waals surface area contributed by atoms with Crippen molar-refractivity contribution in [2.75, 3.05) is 6.54 Å². The molecule has 68 valence electrons. The number of hydrogen-bond donors (Lipinski definition) is 1. The van der Waals surface area contributed by atoms with Gasteiger partial charge >= 0.3 is 0 Å².